The van der Waals surface area contributed by atoms with E-state index in [1.807, 2.05) is 30.3 Å². The van der Waals surface area contributed by atoms with E-state index >= 15 is 0 Å². The first-order valence-corrected chi connectivity index (χ1v) is 5.35. The zero-order valence-corrected chi connectivity index (χ0v) is 9.26. The number of rotatable bonds is 4. The molecule has 1 aromatic heterocycles. The van der Waals surface area contributed by atoms with Gasteiger partial charge >= 0.3 is 0 Å². The lowest BCUT2D eigenvalue weighted by molar-refractivity contribution is 0.760. The minimum absolute atomic E-state index is 0.169. The van der Waals surface area contributed by atoms with Gasteiger partial charge in [0.05, 0.1) is 0 Å². The van der Waals surface area contributed by atoms with Crippen LogP contribution in [-0.2, 0) is 0 Å². The van der Waals surface area contributed by atoms with E-state index in [1.54, 1.807) is 0 Å². The molecule has 1 unspecified atom stereocenters. The summed E-state index contributed by atoms with van der Waals surface area (Å²) in [6, 6.07) is 9.54. The number of nitrogens with one attached hydrogen (secondary N) is 2. The molecule has 1 heterocycles. The summed E-state index contributed by atoms with van der Waals surface area (Å²) in [5.41, 5.74) is 6.77. The van der Waals surface area contributed by atoms with Gasteiger partial charge in [-0.05, 0) is 5.56 Å². The average Bonchev–Trinajstić information content (AvgIpc) is 2.38. The van der Waals surface area contributed by atoms with Gasteiger partial charge in [0.2, 0.25) is 0 Å². The van der Waals surface area contributed by atoms with Crippen LogP contribution in [0.3, 0.4) is 0 Å². The van der Waals surface area contributed by atoms with Gasteiger partial charge in [-0.15, -0.1) is 0 Å². The Morgan fingerprint density at radius 2 is 2.12 bits per heavy atom. The number of nitrogens with two attached hydrogens (primary N) is 1. The maximum Gasteiger partial charge on any atom is 0.290 e. The zero-order valence-electron chi connectivity index (χ0n) is 9.26. The van der Waals surface area contributed by atoms with Crippen LogP contribution in [-0.4, -0.2) is 16.5 Å². The van der Waals surface area contributed by atoms with Gasteiger partial charge in [-0.25, -0.2) is 4.98 Å². The SMILES string of the molecule is NC(CNc1ncc[nH]c1=O)c1ccccc1. The van der Waals surface area contributed by atoms with Crippen molar-refractivity contribution in [1.82, 2.24) is 9.97 Å². The molecule has 1 aromatic carbocycles. The summed E-state index contributed by atoms with van der Waals surface area (Å²) in [5, 5.41) is 2.93. The van der Waals surface area contributed by atoms with E-state index < -0.39 is 0 Å². The Morgan fingerprint density at radius 1 is 1.35 bits per heavy atom. The molecular formula is C12H14N4O. The average molecular weight is 230 g/mol. The minimum Gasteiger partial charge on any atom is -0.364 e. The molecule has 2 rings (SSSR count). The predicted molar refractivity (Wildman–Crippen MR) is 66.7 cm³/mol. The lowest BCUT2D eigenvalue weighted by Crippen LogP contribution is -2.24. The molecule has 0 bridgehead atoms. The van der Waals surface area contributed by atoms with Crippen molar-refractivity contribution < 1.29 is 0 Å². The summed E-state index contributed by atoms with van der Waals surface area (Å²) in [6.45, 7) is 0.462. The van der Waals surface area contributed by atoms with Gasteiger partial charge in [0.25, 0.3) is 5.56 Å². The Morgan fingerprint density at radius 3 is 2.82 bits per heavy atom. The molecule has 88 valence electrons. The van der Waals surface area contributed by atoms with Gasteiger partial charge in [0.15, 0.2) is 5.82 Å². The number of hydrogen-bond donors (Lipinski definition) is 3. The molecule has 5 nitrogen and oxygen atoms in total. The lowest BCUT2D eigenvalue weighted by atomic mass is 10.1. The highest BCUT2D eigenvalue weighted by Crippen LogP contribution is 2.09. The number of aromatic amines is 1. The van der Waals surface area contributed by atoms with Crippen LogP contribution in [0.4, 0.5) is 5.82 Å². The molecule has 17 heavy (non-hydrogen) atoms. The maximum atomic E-state index is 11.3. The number of benzene rings is 1. The first-order valence-electron chi connectivity index (χ1n) is 5.35. The zero-order chi connectivity index (χ0) is 12.1. The monoisotopic (exact) mass is 230 g/mol. The van der Waals surface area contributed by atoms with Crippen LogP contribution in [0, 0.1) is 0 Å². The fourth-order valence-electron chi connectivity index (χ4n) is 1.50. The van der Waals surface area contributed by atoms with Crippen molar-refractivity contribution >= 4 is 5.82 Å². The molecule has 0 aliphatic rings. The van der Waals surface area contributed by atoms with Crippen LogP contribution in [0.2, 0.25) is 0 Å². The standard InChI is InChI=1S/C12H14N4O/c13-10(9-4-2-1-3-5-9)8-16-11-12(17)15-7-6-14-11/h1-7,10H,8,13H2,(H,14,16)(H,15,17). The van der Waals surface area contributed by atoms with E-state index in [9.17, 15) is 4.79 Å². The first kappa shape index (κ1) is 11.3. The lowest BCUT2D eigenvalue weighted by Gasteiger charge is -2.12. The molecule has 0 aliphatic heterocycles. The Bertz CT molecular complexity index is 523. The number of nitrogens with zero attached hydrogens (tertiary/aromatic N) is 1. The smallest absolute Gasteiger partial charge is 0.290 e. The molecule has 2 aromatic rings. The third-order valence-corrected chi connectivity index (χ3v) is 2.42. The number of anilines is 1. The normalized spacial score (nSPS) is 12.1. The van der Waals surface area contributed by atoms with E-state index in [4.69, 9.17) is 5.73 Å². The Kier molecular flexibility index (Phi) is 3.52. The fraction of sp³-hybridized carbons (Fsp3) is 0.167. The highest BCUT2D eigenvalue weighted by Gasteiger charge is 2.06. The van der Waals surface area contributed by atoms with E-state index in [-0.39, 0.29) is 11.6 Å². The van der Waals surface area contributed by atoms with Crippen LogP contribution in [0.15, 0.2) is 47.5 Å². The molecule has 0 amide bonds. The second kappa shape index (κ2) is 5.27. The second-order valence-electron chi connectivity index (χ2n) is 3.66. The summed E-state index contributed by atoms with van der Waals surface area (Å²) in [4.78, 5) is 17.8. The topological polar surface area (TPSA) is 83.8 Å². The molecular weight excluding hydrogens is 216 g/mol. The van der Waals surface area contributed by atoms with Crippen LogP contribution < -0.4 is 16.6 Å². The largest absolute Gasteiger partial charge is 0.364 e. The fourth-order valence-corrected chi connectivity index (χ4v) is 1.50. The van der Waals surface area contributed by atoms with Gasteiger partial charge in [0.1, 0.15) is 0 Å². The Hall–Kier alpha value is -2.14. The molecule has 5 heteroatoms. The van der Waals surface area contributed by atoms with Crippen molar-refractivity contribution in [3.8, 4) is 0 Å². The van der Waals surface area contributed by atoms with Crippen LogP contribution in [0.25, 0.3) is 0 Å². The molecule has 1 atom stereocenters. The molecule has 0 saturated heterocycles. The third-order valence-electron chi connectivity index (χ3n) is 2.42. The van der Waals surface area contributed by atoms with Crippen molar-refractivity contribution in [3.63, 3.8) is 0 Å². The molecule has 0 aliphatic carbocycles. The summed E-state index contributed by atoms with van der Waals surface area (Å²) in [7, 11) is 0. The molecule has 0 saturated carbocycles. The van der Waals surface area contributed by atoms with Crippen molar-refractivity contribution in [1.29, 1.82) is 0 Å². The van der Waals surface area contributed by atoms with Crippen LogP contribution in [0.5, 0.6) is 0 Å². The van der Waals surface area contributed by atoms with Crippen molar-refractivity contribution in [2.24, 2.45) is 5.73 Å². The van der Waals surface area contributed by atoms with Crippen molar-refractivity contribution in [3.05, 3.63) is 58.6 Å². The first-order chi connectivity index (χ1) is 8.27. The van der Waals surface area contributed by atoms with Crippen molar-refractivity contribution in [2.75, 3.05) is 11.9 Å². The van der Waals surface area contributed by atoms with Crippen LogP contribution >= 0.6 is 0 Å². The Labute approximate surface area is 98.7 Å². The number of H-pyrrole nitrogens is 1. The maximum absolute atomic E-state index is 11.3. The minimum atomic E-state index is -0.243. The molecule has 0 spiro atoms. The van der Waals surface area contributed by atoms with E-state index in [0.717, 1.165) is 5.56 Å². The van der Waals surface area contributed by atoms with Crippen molar-refractivity contribution in [2.45, 2.75) is 6.04 Å². The van der Waals surface area contributed by atoms with Gasteiger partial charge in [0, 0.05) is 25.0 Å². The quantitative estimate of drug-likeness (QED) is 0.728. The Balaban J connectivity index is 2.00. The van der Waals surface area contributed by atoms with E-state index in [2.05, 4.69) is 15.3 Å². The second-order valence-corrected chi connectivity index (χ2v) is 3.66. The van der Waals surface area contributed by atoms with Gasteiger partial charge in [-0.3, -0.25) is 4.79 Å². The summed E-state index contributed by atoms with van der Waals surface area (Å²) in [6.07, 6.45) is 3.02. The highest BCUT2D eigenvalue weighted by molar-refractivity contribution is 5.31. The number of aromatic nitrogens is 2. The molecule has 4 N–H and O–H groups in total. The van der Waals surface area contributed by atoms with Gasteiger partial charge < -0.3 is 16.0 Å². The van der Waals surface area contributed by atoms with E-state index in [0.29, 0.717) is 12.4 Å². The van der Waals surface area contributed by atoms with Gasteiger partial charge in [-0.2, -0.15) is 0 Å². The number of hydrogen-bond acceptors (Lipinski definition) is 4. The summed E-state index contributed by atoms with van der Waals surface area (Å²) < 4.78 is 0. The van der Waals surface area contributed by atoms with Crippen LogP contribution in [0.1, 0.15) is 11.6 Å². The third kappa shape index (κ3) is 2.92. The molecule has 0 radical (unpaired) electrons. The summed E-state index contributed by atoms with van der Waals surface area (Å²) >= 11 is 0. The summed E-state index contributed by atoms with van der Waals surface area (Å²) in [5.74, 6) is 0.291. The van der Waals surface area contributed by atoms with Gasteiger partial charge in [-0.1, -0.05) is 30.3 Å². The highest BCUT2D eigenvalue weighted by atomic mass is 16.1. The molecule has 0 fully saturated rings. The van der Waals surface area contributed by atoms with E-state index in [1.165, 1.54) is 12.4 Å². The predicted octanol–water partition coefficient (Wildman–Crippen LogP) is 0.882.